The molecular weight excluding hydrogens is 182 g/mol. The van der Waals surface area contributed by atoms with Crippen LogP contribution < -0.4 is 5.32 Å². The fourth-order valence-corrected chi connectivity index (χ4v) is 1.76. The molecule has 1 aromatic rings. The third kappa shape index (κ3) is 2.82. The summed E-state index contributed by atoms with van der Waals surface area (Å²) in [6.07, 6.45) is 2.78. The summed E-state index contributed by atoms with van der Waals surface area (Å²) >= 11 is 0. The first-order valence-corrected chi connectivity index (χ1v) is 5.89. The third-order valence-electron chi connectivity index (χ3n) is 3.52. The first-order valence-electron chi connectivity index (χ1n) is 5.89. The Kier molecular flexibility index (Phi) is 2.83. The summed E-state index contributed by atoms with van der Waals surface area (Å²) in [5.74, 6) is 0. The molecule has 1 unspecified atom stereocenters. The maximum absolute atomic E-state index is 3.62. The van der Waals surface area contributed by atoms with Crippen LogP contribution in [0.15, 0.2) is 24.3 Å². The summed E-state index contributed by atoms with van der Waals surface area (Å²) in [6, 6.07) is 9.30. The van der Waals surface area contributed by atoms with Gasteiger partial charge in [0.25, 0.3) is 0 Å². The SMILES string of the molecule is Cc1ccc(C(C)NCC2(C)CC2)cc1. The molecule has 15 heavy (non-hydrogen) atoms. The van der Waals surface area contributed by atoms with E-state index in [-0.39, 0.29) is 0 Å². The molecule has 0 amide bonds. The number of nitrogens with one attached hydrogen (secondary N) is 1. The van der Waals surface area contributed by atoms with Crippen LogP contribution in [0.25, 0.3) is 0 Å². The smallest absolute Gasteiger partial charge is 0.0292 e. The quantitative estimate of drug-likeness (QED) is 0.790. The van der Waals surface area contributed by atoms with Gasteiger partial charge in [-0.15, -0.1) is 0 Å². The molecule has 1 aliphatic carbocycles. The summed E-state index contributed by atoms with van der Waals surface area (Å²) in [7, 11) is 0. The number of hydrogen-bond acceptors (Lipinski definition) is 1. The molecule has 1 aromatic carbocycles. The van der Waals surface area contributed by atoms with Crippen LogP contribution in [0, 0.1) is 12.3 Å². The van der Waals surface area contributed by atoms with Gasteiger partial charge in [0.1, 0.15) is 0 Å². The van der Waals surface area contributed by atoms with Crippen LogP contribution in [0.4, 0.5) is 0 Å². The fourth-order valence-electron chi connectivity index (χ4n) is 1.76. The Balaban J connectivity index is 1.89. The third-order valence-corrected chi connectivity index (χ3v) is 3.52. The molecule has 0 saturated heterocycles. The van der Waals surface area contributed by atoms with Crippen molar-refractivity contribution >= 4 is 0 Å². The second-order valence-electron chi connectivity index (χ2n) is 5.32. The van der Waals surface area contributed by atoms with Crippen LogP contribution in [-0.4, -0.2) is 6.54 Å². The van der Waals surface area contributed by atoms with Gasteiger partial charge in [-0.1, -0.05) is 36.8 Å². The van der Waals surface area contributed by atoms with Crippen molar-refractivity contribution in [1.82, 2.24) is 5.32 Å². The lowest BCUT2D eigenvalue weighted by atomic mass is 10.1. The van der Waals surface area contributed by atoms with E-state index in [4.69, 9.17) is 0 Å². The lowest BCUT2D eigenvalue weighted by Crippen LogP contribution is -2.25. The van der Waals surface area contributed by atoms with Crippen LogP contribution in [-0.2, 0) is 0 Å². The summed E-state index contributed by atoms with van der Waals surface area (Å²) < 4.78 is 0. The summed E-state index contributed by atoms with van der Waals surface area (Å²) in [4.78, 5) is 0. The number of rotatable bonds is 4. The zero-order valence-corrected chi connectivity index (χ0v) is 10.0. The molecule has 82 valence electrons. The van der Waals surface area contributed by atoms with Crippen molar-refractivity contribution in [2.45, 2.75) is 39.7 Å². The van der Waals surface area contributed by atoms with Crippen LogP contribution in [0.3, 0.4) is 0 Å². The minimum Gasteiger partial charge on any atom is -0.310 e. The number of benzene rings is 1. The van der Waals surface area contributed by atoms with Gasteiger partial charge in [-0.05, 0) is 37.7 Å². The minimum atomic E-state index is 0.475. The van der Waals surface area contributed by atoms with Gasteiger partial charge in [-0.3, -0.25) is 0 Å². The highest BCUT2D eigenvalue weighted by atomic mass is 14.9. The Bertz CT molecular complexity index is 322. The molecule has 1 atom stereocenters. The average Bonchev–Trinajstić information content (AvgIpc) is 2.95. The van der Waals surface area contributed by atoms with E-state index in [0.29, 0.717) is 11.5 Å². The molecule has 0 heterocycles. The van der Waals surface area contributed by atoms with Gasteiger partial charge in [0, 0.05) is 12.6 Å². The highest BCUT2D eigenvalue weighted by molar-refractivity contribution is 5.23. The molecule has 0 radical (unpaired) electrons. The Morgan fingerprint density at radius 1 is 1.27 bits per heavy atom. The summed E-state index contributed by atoms with van der Waals surface area (Å²) in [5.41, 5.74) is 3.32. The Labute approximate surface area is 92.9 Å². The van der Waals surface area contributed by atoms with Crippen LogP contribution >= 0.6 is 0 Å². The van der Waals surface area contributed by atoms with Crippen LogP contribution in [0.2, 0.25) is 0 Å². The molecule has 1 aliphatic rings. The normalized spacial score (nSPS) is 19.9. The first kappa shape index (κ1) is 10.7. The van der Waals surface area contributed by atoms with Crippen LogP contribution in [0.1, 0.15) is 43.9 Å². The molecule has 0 spiro atoms. The minimum absolute atomic E-state index is 0.475. The van der Waals surface area contributed by atoms with E-state index in [1.807, 2.05) is 0 Å². The lowest BCUT2D eigenvalue weighted by molar-refractivity contribution is 0.457. The van der Waals surface area contributed by atoms with Gasteiger partial charge in [0.2, 0.25) is 0 Å². The van der Waals surface area contributed by atoms with Gasteiger partial charge in [0.15, 0.2) is 0 Å². The molecule has 0 aromatic heterocycles. The monoisotopic (exact) mass is 203 g/mol. The molecule has 1 heteroatoms. The van der Waals surface area contributed by atoms with Gasteiger partial charge in [0.05, 0.1) is 0 Å². The molecule has 0 aliphatic heterocycles. The van der Waals surface area contributed by atoms with E-state index in [9.17, 15) is 0 Å². The topological polar surface area (TPSA) is 12.0 Å². The standard InChI is InChI=1S/C14H21N/c1-11-4-6-13(7-5-11)12(2)15-10-14(3)8-9-14/h4-7,12,15H,8-10H2,1-3H3. The zero-order chi connectivity index (χ0) is 10.9. The summed E-state index contributed by atoms with van der Waals surface area (Å²) in [5, 5.41) is 3.62. The maximum Gasteiger partial charge on any atom is 0.0292 e. The number of aryl methyl sites for hydroxylation is 1. The van der Waals surface area contributed by atoms with Crippen molar-refractivity contribution in [3.8, 4) is 0 Å². The zero-order valence-electron chi connectivity index (χ0n) is 10.0. The second-order valence-corrected chi connectivity index (χ2v) is 5.32. The fraction of sp³-hybridized carbons (Fsp3) is 0.571. The predicted molar refractivity (Wildman–Crippen MR) is 64.9 cm³/mol. The van der Waals surface area contributed by atoms with Gasteiger partial charge in [-0.2, -0.15) is 0 Å². The molecular formula is C14H21N. The average molecular weight is 203 g/mol. The van der Waals surface area contributed by atoms with Crippen molar-refractivity contribution in [1.29, 1.82) is 0 Å². The Hall–Kier alpha value is -0.820. The van der Waals surface area contributed by atoms with Crippen molar-refractivity contribution < 1.29 is 0 Å². The highest BCUT2D eigenvalue weighted by Crippen LogP contribution is 2.44. The summed E-state index contributed by atoms with van der Waals surface area (Å²) in [6.45, 7) is 7.90. The van der Waals surface area contributed by atoms with E-state index in [2.05, 4.69) is 50.4 Å². The molecule has 2 rings (SSSR count). The van der Waals surface area contributed by atoms with E-state index in [1.54, 1.807) is 0 Å². The molecule has 0 bridgehead atoms. The molecule has 1 N–H and O–H groups in total. The molecule has 1 nitrogen and oxygen atoms in total. The van der Waals surface area contributed by atoms with Crippen molar-refractivity contribution in [3.05, 3.63) is 35.4 Å². The molecule has 1 saturated carbocycles. The van der Waals surface area contributed by atoms with Gasteiger partial charge in [-0.25, -0.2) is 0 Å². The van der Waals surface area contributed by atoms with E-state index in [0.717, 1.165) is 6.54 Å². The van der Waals surface area contributed by atoms with Crippen molar-refractivity contribution in [3.63, 3.8) is 0 Å². The first-order chi connectivity index (χ1) is 7.09. The van der Waals surface area contributed by atoms with Gasteiger partial charge < -0.3 is 5.32 Å². The van der Waals surface area contributed by atoms with E-state index < -0.39 is 0 Å². The number of hydrogen-bond donors (Lipinski definition) is 1. The van der Waals surface area contributed by atoms with Crippen molar-refractivity contribution in [2.75, 3.05) is 6.54 Å². The maximum atomic E-state index is 3.62. The predicted octanol–water partition coefficient (Wildman–Crippen LogP) is 3.45. The Morgan fingerprint density at radius 3 is 2.40 bits per heavy atom. The van der Waals surface area contributed by atoms with E-state index >= 15 is 0 Å². The van der Waals surface area contributed by atoms with Crippen molar-refractivity contribution in [2.24, 2.45) is 5.41 Å². The Morgan fingerprint density at radius 2 is 1.87 bits per heavy atom. The second kappa shape index (κ2) is 3.97. The van der Waals surface area contributed by atoms with Crippen LogP contribution in [0.5, 0.6) is 0 Å². The largest absolute Gasteiger partial charge is 0.310 e. The van der Waals surface area contributed by atoms with E-state index in [1.165, 1.54) is 24.0 Å². The lowest BCUT2D eigenvalue weighted by Gasteiger charge is -2.17. The van der Waals surface area contributed by atoms with Gasteiger partial charge >= 0.3 is 0 Å². The highest BCUT2D eigenvalue weighted by Gasteiger charge is 2.36. The molecule has 1 fully saturated rings.